The van der Waals surface area contributed by atoms with Crippen LogP contribution in [-0.4, -0.2) is 40.7 Å². The standard InChI is InChI=1S/C13H17N5O2/c1-4-7-20-13-17-11(16-12(14-2)18-13)9-5-6-10(19-3)15-8-9/h5-6,8H,4,7H2,1-3H3,(H,14,16,17,18). The number of rotatable bonds is 6. The Morgan fingerprint density at radius 2 is 2.05 bits per heavy atom. The Labute approximate surface area is 117 Å². The van der Waals surface area contributed by atoms with Crippen molar-refractivity contribution >= 4 is 5.95 Å². The summed E-state index contributed by atoms with van der Waals surface area (Å²) < 4.78 is 10.5. The second-order valence-electron chi connectivity index (χ2n) is 3.95. The Bertz CT molecular complexity index is 559. The van der Waals surface area contributed by atoms with E-state index in [1.165, 1.54) is 0 Å². The summed E-state index contributed by atoms with van der Waals surface area (Å²) in [6.07, 6.45) is 2.54. The summed E-state index contributed by atoms with van der Waals surface area (Å²) >= 11 is 0. The van der Waals surface area contributed by atoms with E-state index in [0.29, 0.717) is 30.3 Å². The topological polar surface area (TPSA) is 82.0 Å². The SMILES string of the molecule is CCCOc1nc(NC)nc(-c2ccc(OC)nc2)n1. The average Bonchev–Trinajstić information content (AvgIpc) is 2.52. The Kier molecular flexibility index (Phi) is 4.65. The molecule has 0 saturated heterocycles. The van der Waals surface area contributed by atoms with Gasteiger partial charge in [-0.05, 0) is 12.5 Å². The van der Waals surface area contributed by atoms with Crippen molar-refractivity contribution in [2.24, 2.45) is 0 Å². The van der Waals surface area contributed by atoms with E-state index in [2.05, 4.69) is 25.3 Å². The molecule has 0 fully saturated rings. The molecule has 0 aliphatic rings. The van der Waals surface area contributed by atoms with Crippen LogP contribution in [0.3, 0.4) is 0 Å². The highest BCUT2D eigenvalue weighted by Gasteiger charge is 2.09. The molecule has 0 unspecified atom stereocenters. The lowest BCUT2D eigenvalue weighted by Gasteiger charge is -2.07. The maximum absolute atomic E-state index is 5.46. The number of nitrogens with one attached hydrogen (secondary N) is 1. The summed E-state index contributed by atoms with van der Waals surface area (Å²) in [4.78, 5) is 16.9. The molecule has 20 heavy (non-hydrogen) atoms. The van der Waals surface area contributed by atoms with E-state index in [1.807, 2.05) is 13.0 Å². The first-order valence-electron chi connectivity index (χ1n) is 6.34. The quantitative estimate of drug-likeness (QED) is 0.860. The number of methoxy groups -OCH3 is 1. The highest BCUT2D eigenvalue weighted by atomic mass is 16.5. The maximum atomic E-state index is 5.46. The zero-order valence-corrected chi connectivity index (χ0v) is 11.8. The van der Waals surface area contributed by atoms with Crippen molar-refractivity contribution in [3.63, 3.8) is 0 Å². The molecular weight excluding hydrogens is 258 g/mol. The minimum absolute atomic E-state index is 0.303. The molecule has 0 bridgehead atoms. The number of hydrogen-bond donors (Lipinski definition) is 1. The van der Waals surface area contributed by atoms with Crippen LogP contribution in [0.4, 0.5) is 5.95 Å². The van der Waals surface area contributed by atoms with Crippen LogP contribution >= 0.6 is 0 Å². The molecule has 0 amide bonds. The Morgan fingerprint density at radius 3 is 2.65 bits per heavy atom. The van der Waals surface area contributed by atoms with Gasteiger partial charge in [0.2, 0.25) is 11.8 Å². The lowest BCUT2D eigenvalue weighted by atomic mass is 10.3. The molecule has 2 aromatic rings. The first-order chi connectivity index (χ1) is 9.76. The van der Waals surface area contributed by atoms with Gasteiger partial charge in [0, 0.05) is 24.9 Å². The summed E-state index contributed by atoms with van der Waals surface area (Å²) in [5.74, 6) is 1.50. The molecule has 0 radical (unpaired) electrons. The van der Waals surface area contributed by atoms with Gasteiger partial charge in [-0.2, -0.15) is 15.0 Å². The molecule has 2 rings (SSSR count). The molecule has 0 spiro atoms. The predicted molar refractivity (Wildman–Crippen MR) is 74.9 cm³/mol. The van der Waals surface area contributed by atoms with E-state index >= 15 is 0 Å². The van der Waals surface area contributed by atoms with Crippen molar-refractivity contribution in [2.45, 2.75) is 13.3 Å². The van der Waals surface area contributed by atoms with Gasteiger partial charge >= 0.3 is 6.01 Å². The molecule has 0 aliphatic heterocycles. The highest BCUT2D eigenvalue weighted by molar-refractivity contribution is 5.55. The summed E-state index contributed by atoms with van der Waals surface area (Å²) in [6, 6.07) is 3.90. The predicted octanol–water partition coefficient (Wildman–Crippen LogP) is 1.77. The van der Waals surface area contributed by atoms with Crippen molar-refractivity contribution in [3.05, 3.63) is 18.3 Å². The van der Waals surface area contributed by atoms with E-state index in [-0.39, 0.29) is 0 Å². The third-order valence-electron chi connectivity index (χ3n) is 2.48. The zero-order valence-electron chi connectivity index (χ0n) is 11.8. The normalized spacial score (nSPS) is 10.2. The first-order valence-corrected chi connectivity index (χ1v) is 6.34. The highest BCUT2D eigenvalue weighted by Crippen LogP contribution is 2.19. The van der Waals surface area contributed by atoms with Crippen molar-refractivity contribution in [1.29, 1.82) is 0 Å². The first kappa shape index (κ1) is 14.0. The molecular formula is C13H17N5O2. The van der Waals surface area contributed by atoms with E-state index in [4.69, 9.17) is 9.47 Å². The van der Waals surface area contributed by atoms with Crippen LogP contribution in [0, 0.1) is 0 Å². The van der Waals surface area contributed by atoms with Gasteiger partial charge in [-0.3, -0.25) is 0 Å². The Hall–Kier alpha value is -2.44. The minimum Gasteiger partial charge on any atom is -0.481 e. The largest absolute Gasteiger partial charge is 0.481 e. The zero-order chi connectivity index (χ0) is 14.4. The third kappa shape index (κ3) is 3.31. The van der Waals surface area contributed by atoms with Crippen LogP contribution in [-0.2, 0) is 0 Å². The Balaban J connectivity index is 2.33. The number of hydrogen-bond acceptors (Lipinski definition) is 7. The fraction of sp³-hybridized carbons (Fsp3) is 0.385. The molecule has 2 heterocycles. The van der Waals surface area contributed by atoms with Crippen molar-refractivity contribution in [2.75, 3.05) is 26.1 Å². The third-order valence-corrected chi connectivity index (χ3v) is 2.48. The van der Waals surface area contributed by atoms with E-state index in [0.717, 1.165) is 12.0 Å². The van der Waals surface area contributed by atoms with Crippen LogP contribution in [0.2, 0.25) is 0 Å². The smallest absolute Gasteiger partial charge is 0.321 e. The van der Waals surface area contributed by atoms with Crippen LogP contribution in [0.1, 0.15) is 13.3 Å². The summed E-state index contributed by atoms with van der Waals surface area (Å²) in [7, 11) is 3.32. The molecule has 2 aromatic heterocycles. The number of aromatic nitrogens is 4. The van der Waals surface area contributed by atoms with Crippen LogP contribution in [0.25, 0.3) is 11.4 Å². The molecule has 0 aromatic carbocycles. The molecule has 0 saturated carbocycles. The van der Waals surface area contributed by atoms with E-state index in [9.17, 15) is 0 Å². The van der Waals surface area contributed by atoms with Gasteiger partial charge in [0.1, 0.15) is 0 Å². The second-order valence-corrected chi connectivity index (χ2v) is 3.95. The van der Waals surface area contributed by atoms with Gasteiger partial charge in [-0.15, -0.1) is 0 Å². The van der Waals surface area contributed by atoms with Crippen molar-refractivity contribution < 1.29 is 9.47 Å². The molecule has 7 heteroatoms. The van der Waals surface area contributed by atoms with Gasteiger partial charge in [0.05, 0.1) is 13.7 Å². The van der Waals surface area contributed by atoms with Gasteiger partial charge in [-0.25, -0.2) is 4.98 Å². The molecule has 1 N–H and O–H groups in total. The fourth-order valence-corrected chi connectivity index (χ4v) is 1.49. The average molecular weight is 275 g/mol. The minimum atomic E-state index is 0.303. The molecule has 106 valence electrons. The monoisotopic (exact) mass is 275 g/mol. The summed E-state index contributed by atoms with van der Waals surface area (Å²) in [5, 5.41) is 2.89. The lowest BCUT2D eigenvalue weighted by Crippen LogP contribution is -2.06. The molecule has 7 nitrogen and oxygen atoms in total. The number of ether oxygens (including phenoxy) is 2. The lowest BCUT2D eigenvalue weighted by molar-refractivity contribution is 0.292. The number of nitrogens with zero attached hydrogens (tertiary/aromatic N) is 4. The van der Waals surface area contributed by atoms with Gasteiger partial charge < -0.3 is 14.8 Å². The van der Waals surface area contributed by atoms with Crippen molar-refractivity contribution in [3.8, 4) is 23.3 Å². The van der Waals surface area contributed by atoms with Crippen LogP contribution < -0.4 is 14.8 Å². The summed E-state index contributed by atoms with van der Waals surface area (Å²) in [5.41, 5.74) is 0.769. The second kappa shape index (κ2) is 6.65. The van der Waals surface area contributed by atoms with Crippen LogP contribution in [0.5, 0.6) is 11.9 Å². The van der Waals surface area contributed by atoms with E-state index < -0.39 is 0 Å². The van der Waals surface area contributed by atoms with E-state index in [1.54, 1.807) is 26.4 Å². The van der Waals surface area contributed by atoms with Gasteiger partial charge in [0.25, 0.3) is 0 Å². The van der Waals surface area contributed by atoms with Gasteiger partial charge in [0.15, 0.2) is 5.82 Å². The molecule has 0 atom stereocenters. The summed E-state index contributed by atoms with van der Waals surface area (Å²) in [6.45, 7) is 2.59. The fourth-order valence-electron chi connectivity index (χ4n) is 1.49. The van der Waals surface area contributed by atoms with Crippen LogP contribution in [0.15, 0.2) is 18.3 Å². The van der Waals surface area contributed by atoms with Crippen molar-refractivity contribution in [1.82, 2.24) is 19.9 Å². The number of pyridine rings is 1. The Morgan fingerprint density at radius 1 is 1.20 bits per heavy atom. The maximum Gasteiger partial charge on any atom is 0.321 e. The molecule has 0 aliphatic carbocycles. The number of anilines is 1. The van der Waals surface area contributed by atoms with Gasteiger partial charge in [-0.1, -0.05) is 6.92 Å².